The number of carbonyl (C=O) groups excluding carboxylic acids is 1. The summed E-state index contributed by atoms with van der Waals surface area (Å²) in [6, 6.07) is 6.87. The van der Waals surface area contributed by atoms with Crippen LogP contribution in [0.15, 0.2) is 24.3 Å². The summed E-state index contributed by atoms with van der Waals surface area (Å²) < 4.78 is 26.6. The molecule has 1 heterocycles. The molecule has 1 saturated heterocycles. The summed E-state index contributed by atoms with van der Waals surface area (Å²) in [4.78, 5) is 12.1. The first-order valence-electron chi connectivity index (χ1n) is 7.92. The van der Waals surface area contributed by atoms with E-state index in [1.165, 1.54) is 4.31 Å². The van der Waals surface area contributed by atoms with E-state index in [0.717, 1.165) is 12.8 Å². The molecule has 1 unspecified atom stereocenters. The lowest BCUT2D eigenvalue weighted by molar-refractivity contribution is -0.126. The van der Waals surface area contributed by atoms with Crippen LogP contribution < -0.4 is 5.32 Å². The van der Waals surface area contributed by atoms with Crippen molar-refractivity contribution in [2.45, 2.75) is 31.9 Å². The van der Waals surface area contributed by atoms with Gasteiger partial charge in [0.2, 0.25) is 15.9 Å². The predicted molar refractivity (Wildman–Crippen MR) is 91.7 cm³/mol. The summed E-state index contributed by atoms with van der Waals surface area (Å²) in [6.45, 7) is 3.35. The van der Waals surface area contributed by atoms with Gasteiger partial charge in [0.15, 0.2) is 0 Å². The Balaban J connectivity index is 2.03. The first-order valence-corrected chi connectivity index (χ1v) is 9.91. The van der Waals surface area contributed by atoms with Crippen molar-refractivity contribution >= 4 is 27.5 Å². The van der Waals surface area contributed by atoms with Crippen molar-refractivity contribution in [3.63, 3.8) is 0 Å². The van der Waals surface area contributed by atoms with E-state index < -0.39 is 10.0 Å². The Labute approximate surface area is 143 Å². The lowest BCUT2D eigenvalue weighted by Gasteiger charge is -2.31. The van der Waals surface area contributed by atoms with Crippen LogP contribution in [0.2, 0.25) is 5.02 Å². The molecule has 128 valence electrons. The summed E-state index contributed by atoms with van der Waals surface area (Å²) in [5, 5.41) is 3.37. The van der Waals surface area contributed by atoms with Crippen LogP contribution in [0.25, 0.3) is 0 Å². The van der Waals surface area contributed by atoms with Gasteiger partial charge in [-0.1, -0.05) is 30.7 Å². The van der Waals surface area contributed by atoms with Crippen molar-refractivity contribution in [3.8, 4) is 0 Å². The summed E-state index contributed by atoms with van der Waals surface area (Å²) in [5.41, 5.74) is 0.662. The van der Waals surface area contributed by atoms with Gasteiger partial charge in [-0.25, -0.2) is 12.7 Å². The fourth-order valence-electron chi connectivity index (χ4n) is 2.73. The maximum absolute atomic E-state index is 12.6. The smallest absolute Gasteiger partial charge is 0.224 e. The molecule has 7 heteroatoms. The number of amides is 1. The van der Waals surface area contributed by atoms with Crippen molar-refractivity contribution in [2.75, 3.05) is 19.6 Å². The van der Waals surface area contributed by atoms with Gasteiger partial charge in [-0.15, -0.1) is 0 Å². The maximum Gasteiger partial charge on any atom is 0.224 e. The minimum Gasteiger partial charge on any atom is -0.356 e. The SMILES string of the molecule is CCCNC(=O)C1CCCN(S(=O)(=O)Cc2cccc(Cl)c2)C1. The topological polar surface area (TPSA) is 66.5 Å². The van der Waals surface area contributed by atoms with Crippen molar-refractivity contribution in [3.05, 3.63) is 34.9 Å². The van der Waals surface area contributed by atoms with Gasteiger partial charge in [-0.2, -0.15) is 0 Å². The molecule has 1 aromatic carbocycles. The monoisotopic (exact) mass is 358 g/mol. The third kappa shape index (κ3) is 5.19. The van der Waals surface area contributed by atoms with Crippen LogP contribution in [0.3, 0.4) is 0 Å². The molecule has 23 heavy (non-hydrogen) atoms. The van der Waals surface area contributed by atoms with E-state index in [0.29, 0.717) is 30.1 Å². The number of nitrogens with zero attached hydrogens (tertiary/aromatic N) is 1. The molecule has 0 radical (unpaired) electrons. The van der Waals surface area contributed by atoms with E-state index in [1.807, 2.05) is 6.92 Å². The number of benzene rings is 1. The zero-order valence-electron chi connectivity index (χ0n) is 13.3. The molecule has 1 aromatic rings. The number of carbonyl (C=O) groups is 1. The normalized spacial score (nSPS) is 19.5. The predicted octanol–water partition coefficient (Wildman–Crippen LogP) is 2.41. The number of halogens is 1. The van der Waals surface area contributed by atoms with Gasteiger partial charge in [0.1, 0.15) is 0 Å². The molecule has 0 aromatic heterocycles. The first-order chi connectivity index (χ1) is 10.9. The molecule has 0 aliphatic carbocycles. The maximum atomic E-state index is 12.6. The zero-order valence-corrected chi connectivity index (χ0v) is 14.9. The molecule has 1 N–H and O–H groups in total. The molecule has 1 amide bonds. The Kier molecular flexibility index (Phi) is 6.44. The summed E-state index contributed by atoms with van der Waals surface area (Å²) in [6.07, 6.45) is 2.31. The number of hydrogen-bond acceptors (Lipinski definition) is 3. The highest BCUT2D eigenvalue weighted by Gasteiger charge is 2.32. The molecule has 0 saturated carbocycles. The highest BCUT2D eigenvalue weighted by Crippen LogP contribution is 2.22. The van der Waals surface area contributed by atoms with Gasteiger partial charge in [0.05, 0.1) is 11.7 Å². The van der Waals surface area contributed by atoms with Gasteiger partial charge in [0, 0.05) is 24.7 Å². The minimum absolute atomic E-state index is 0.0468. The lowest BCUT2D eigenvalue weighted by atomic mass is 9.99. The zero-order chi connectivity index (χ0) is 16.9. The Bertz CT molecular complexity index is 648. The van der Waals surface area contributed by atoms with E-state index in [1.54, 1.807) is 24.3 Å². The number of piperidine rings is 1. The fourth-order valence-corrected chi connectivity index (χ4v) is 4.54. The second-order valence-electron chi connectivity index (χ2n) is 5.87. The molecule has 0 spiro atoms. The van der Waals surface area contributed by atoms with Crippen molar-refractivity contribution in [1.29, 1.82) is 0 Å². The van der Waals surface area contributed by atoms with Crippen LogP contribution >= 0.6 is 11.6 Å². The van der Waals surface area contributed by atoms with E-state index >= 15 is 0 Å². The van der Waals surface area contributed by atoms with Gasteiger partial charge >= 0.3 is 0 Å². The van der Waals surface area contributed by atoms with E-state index in [2.05, 4.69) is 5.32 Å². The summed E-state index contributed by atoms with van der Waals surface area (Å²) in [7, 11) is -3.45. The largest absolute Gasteiger partial charge is 0.356 e. The van der Waals surface area contributed by atoms with Crippen LogP contribution in [-0.4, -0.2) is 38.3 Å². The van der Waals surface area contributed by atoms with E-state index in [4.69, 9.17) is 11.6 Å². The minimum atomic E-state index is -3.45. The van der Waals surface area contributed by atoms with Gasteiger partial charge in [-0.3, -0.25) is 4.79 Å². The first kappa shape index (κ1) is 18.2. The fraction of sp³-hybridized carbons (Fsp3) is 0.562. The average Bonchev–Trinajstić information content (AvgIpc) is 2.52. The van der Waals surface area contributed by atoms with Crippen molar-refractivity contribution in [1.82, 2.24) is 9.62 Å². The molecule has 1 fully saturated rings. The van der Waals surface area contributed by atoms with Crippen LogP contribution in [0, 0.1) is 5.92 Å². The van der Waals surface area contributed by atoms with Crippen LogP contribution in [0.5, 0.6) is 0 Å². The third-order valence-electron chi connectivity index (χ3n) is 3.94. The Morgan fingerprint density at radius 1 is 1.43 bits per heavy atom. The van der Waals surface area contributed by atoms with Crippen LogP contribution in [-0.2, 0) is 20.6 Å². The standard InChI is InChI=1S/C16H23ClN2O3S/c1-2-8-18-16(20)14-6-4-9-19(11-14)23(21,22)12-13-5-3-7-15(17)10-13/h3,5,7,10,14H,2,4,6,8-9,11-12H2,1H3,(H,18,20). The van der Waals surface area contributed by atoms with Gasteiger partial charge in [0.25, 0.3) is 0 Å². The number of nitrogens with one attached hydrogen (secondary N) is 1. The molecular formula is C16H23ClN2O3S. The molecular weight excluding hydrogens is 336 g/mol. The Morgan fingerprint density at radius 2 is 2.22 bits per heavy atom. The Hall–Kier alpha value is -1.11. The van der Waals surface area contributed by atoms with Gasteiger partial charge < -0.3 is 5.32 Å². The van der Waals surface area contributed by atoms with Crippen molar-refractivity contribution < 1.29 is 13.2 Å². The summed E-state index contributed by atoms with van der Waals surface area (Å²) >= 11 is 5.91. The van der Waals surface area contributed by atoms with Crippen LogP contribution in [0.1, 0.15) is 31.7 Å². The number of hydrogen-bond donors (Lipinski definition) is 1. The molecule has 5 nitrogen and oxygen atoms in total. The highest BCUT2D eigenvalue weighted by atomic mass is 35.5. The third-order valence-corrected chi connectivity index (χ3v) is 5.99. The summed E-state index contributed by atoms with van der Waals surface area (Å²) in [5.74, 6) is -0.393. The number of rotatable bonds is 6. The molecule has 1 aliphatic rings. The molecule has 0 bridgehead atoms. The molecule has 2 rings (SSSR count). The molecule has 1 atom stereocenters. The van der Waals surface area contributed by atoms with Crippen molar-refractivity contribution in [2.24, 2.45) is 5.92 Å². The highest BCUT2D eigenvalue weighted by molar-refractivity contribution is 7.88. The van der Waals surface area contributed by atoms with E-state index in [-0.39, 0.29) is 24.1 Å². The molecule has 1 aliphatic heterocycles. The average molecular weight is 359 g/mol. The van der Waals surface area contributed by atoms with Crippen LogP contribution in [0.4, 0.5) is 0 Å². The quantitative estimate of drug-likeness (QED) is 0.849. The second-order valence-corrected chi connectivity index (χ2v) is 8.28. The van der Waals surface area contributed by atoms with Gasteiger partial charge in [-0.05, 0) is 37.0 Å². The number of sulfonamides is 1. The van der Waals surface area contributed by atoms with E-state index in [9.17, 15) is 13.2 Å². The lowest BCUT2D eigenvalue weighted by Crippen LogP contribution is -2.45. The second kappa shape index (κ2) is 8.13. The Morgan fingerprint density at radius 3 is 2.91 bits per heavy atom.